The number of hydrogen-bond donors (Lipinski definition) is 1. The quantitative estimate of drug-likeness (QED) is 0.783. The molecule has 0 aromatic heterocycles. The van der Waals surface area contributed by atoms with Gasteiger partial charge >= 0.3 is 0 Å². The Balaban J connectivity index is 2.22. The zero-order chi connectivity index (χ0) is 14.5. The van der Waals surface area contributed by atoms with Crippen LogP contribution in [0.15, 0.2) is 36.4 Å². The molecule has 1 N–H and O–H groups in total. The lowest BCUT2D eigenvalue weighted by atomic mass is 9.97. The average Bonchev–Trinajstić information content (AvgIpc) is 2.43. The average molecular weight is 271 g/mol. The highest BCUT2D eigenvalue weighted by Gasteiger charge is 2.05. The Morgan fingerprint density at radius 3 is 2.45 bits per heavy atom. The third-order valence-corrected chi connectivity index (χ3v) is 3.53. The SMILES string of the molecule is CCCNCc1ccc(-c2ccc(C)c(F)c2)c(C)c1. The molecule has 0 saturated carbocycles. The molecule has 0 fully saturated rings. The fourth-order valence-corrected chi connectivity index (χ4v) is 2.33. The van der Waals surface area contributed by atoms with E-state index in [1.807, 2.05) is 12.1 Å². The van der Waals surface area contributed by atoms with E-state index in [0.29, 0.717) is 5.56 Å². The fourth-order valence-electron chi connectivity index (χ4n) is 2.33. The highest BCUT2D eigenvalue weighted by molar-refractivity contribution is 5.68. The zero-order valence-corrected chi connectivity index (χ0v) is 12.5. The van der Waals surface area contributed by atoms with E-state index in [9.17, 15) is 4.39 Å². The molecule has 0 radical (unpaired) electrons. The molecule has 2 heteroatoms. The first-order valence-electron chi connectivity index (χ1n) is 7.18. The number of benzene rings is 2. The van der Waals surface area contributed by atoms with Gasteiger partial charge in [0.15, 0.2) is 0 Å². The number of rotatable bonds is 5. The van der Waals surface area contributed by atoms with Crippen molar-refractivity contribution in [3.8, 4) is 11.1 Å². The monoisotopic (exact) mass is 271 g/mol. The molecule has 2 rings (SSSR count). The van der Waals surface area contributed by atoms with Gasteiger partial charge in [-0.1, -0.05) is 37.3 Å². The Morgan fingerprint density at radius 1 is 1.00 bits per heavy atom. The molecule has 0 unspecified atom stereocenters. The lowest BCUT2D eigenvalue weighted by molar-refractivity contribution is 0.619. The molecule has 106 valence electrons. The van der Waals surface area contributed by atoms with Crippen molar-refractivity contribution < 1.29 is 4.39 Å². The summed E-state index contributed by atoms with van der Waals surface area (Å²) >= 11 is 0. The lowest BCUT2D eigenvalue weighted by Crippen LogP contribution is -2.13. The van der Waals surface area contributed by atoms with E-state index in [4.69, 9.17) is 0 Å². The molecule has 0 aliphatic rings. The molecule has 1 nitrogen and oxygen atoms in total. The second kappa shape index (κ2) is 6.67. The number of aryl methyl sites for hydroxylation is 2. The van der Waals surface area contributed by atoms with Gasteiger partial charge in [0.05, 0.1) is 0 Å². The highest BCUT2D eigenvalue weighted by atomic mass is 19.1. The van der Waals surface area contributed by atoms with Gasteiger partial charge in [-0.3, -0.25) is 0 Å². The number of halogens is 1. The molecular formula is C18H22FN. The Kier molecular flexibility index (Phi) is 4.91. The van der Waals surface area contributed by atoms with Crippen molar-refractivity contribution in [2.75, 3.05) is 6.54 Å². The normalized spacial score (nSPS) is 10.8. The van der Waals surface area contributed by atoms with Crippen molar-refractivity contribution in [2.45, 2.75) is 33.7 Å². The van der Waals surface area contributed by atoms with E-state index in [1.54, 1.807) is 13.0 Å². The first-order valence-corrected chi connectivity index (χ1v) is 7.18. The van der Waals surface area contributed by atoms with Crippen LogP contribution in [0, 0.1) is 19.7 Å². The zero-order valence-electron chi connectivity index (χ0n) is 12.5. The summed E-state index contributed by atoms with van der Waals surface area (Å²) in [5, 5.41) is 3.39. The summed E-state index contributed by atoms with van der Waals surface area (Å²) in [6, 6.07) is 11.8. The van der Waals surface area contributed by atoms with Gasteiger partial charge in [-0.25, -0.2) is 4.39 Å². The number of nitrogens with one attached hydrogen (secondary N) is 1. The van der Waals surface area contributed by atoms with Gasteiger partial charge < -0.3 is 5.32 Å². The van der Waals surface area contributed by atoms with Crippen LogP contribution >= 0.6 is 0 Å². The van der Waals surface area contributed by atoms with Crippen molar-refractivity contribution >= 4 is 0 Å². The van der Waals surface area contributed by atoms with Crippen molar-refractivity contribution in [3.05, 3.63) is 58.9 Å². The predicted octanol–water partition coefficient (Wildman–Crippen LogP) is 4.61. The summed E-state index contributed by atoms with van der Waals surface area (Å²) < 4.78 is 13.7. The van der Waals surface area contributed by atoms with Crippen LogP contribution in [0.3, 0.4) is 0 Å². The molecule has 0 spiro atoms. The van der Waals surface area contributed by atoms with Gasteiger partial charge in [0.2, 0.25) is 0 Å². The van der Waals surface area contributed by atoms with E-state index in [1.165, 1.54) is 11.1 Å². The van der Waals surface area contributed by atoms with Crippen molar-refractivity contribution in [2.24, 2.45) is 0 Å². The Hall–Kier alpha value is -1.67. The summed E-state index contributed by atoms with van der Waals surface area (Å²) in [6.07, 6.45) is 1.14. The van der Waals surface area contributed by atoms with Crippen LogP contribution in [-0.2, 0) is 6.54 Å². The first-order chi connectivity index (χ1) is 9.61. The van der Waals surface area contributed by atoms with E-state index < -0.39 is 0 Å². The lowest BCUT2D eigenvalue weighted by Gasteiger charge is -2.10. The Bertz CT molecular complexity index is 590. The summed E-state index contributed by atoms with van der Waals surface area (Å²) in [6.45, 7) is 7.94. The third-order valence-electron chi connectivity index (χ3n) is 3.53. The van der Waals surface area contributed by atoms with Crippen LogP contribution in [0.1, 0.15) is 30.0 Å². The van der Waals surface area contributed by atoms with Crippen molar-refractivity contribution in [3.63, 3.8) is 0 Å². The van der Waals surface area contributed by atoms with Gasteiger partial charge in [0, 0.05) is 6.54 Å². The minimum atomic E-state index is -0.143. The number of hydrogen-bond acceptors (Lipinski definition) is 1. The van der Waals surface area contributed by atoms with Gasteiger partial charge in [-0.05, 0) is 60.7 Å². The van der Waals surface area contributed by atoms with E-state index in [-0.39, 0.29) is 5.82 Å². The molecule has 2 aromatic rings. The second-order valence-electron chi connectivity index (χ2n) is 5.29. The highest BCUT2D eigenvalue weighted by Crippen LogP contribution is 2.26. The minimum absolute atomic E-state index is 0.143. The second-order valence-corrected chi connectivity index (χ2v) is 5.29. The van der Waals surface area contributed by atoms with Gasteiger partial charge in [0.1, 0.15) is 5.82 Å². The molecule has 0 aliphatic carbocycles. The van der Waals surface area contributed by atoms with Crippen molar-refractivity contribution in [1.29, 1.82) is 0 Å². The topological polar surface area (TPSA) is 12.0 Å². The maximum Gasteiger partial charge on any atom is 0.126 e. The molecule has 2 aromatic carbocycles. The van der Waals surface area contributed by atoms with Crippen LogP contribution in [0.5, 0.6) is 0 Å². The predicted molar refractivity (Wildman–Crippen MR) is 83.3 cm³/mol. The molecule has 0 heterocycles. The summed E-state index contributed by atoms with van der Waals surface area (Å²) in [7, 11) is 0. The maximum atomic E-state index is 13.7. The fraction of sp³-hybridized carbons (Fsp3) is 0.333. The van der Waals surface area contributed by atoms with Crippen LogP contribution in [0.4, 0.5) is 4.39 Å². The maximum absolute atomic E-state index is 13.7. The van der Waals surface area contributed by atoms with E-state index in [2.05, 4.69) is 37.4 Å². The molecule has 0 saturated heterocycles. The summed E-state index contributed by atoms with van der Waals surface area (Å²) in [5.74, 6) is -0.143. The van der Waals surface area contributed by atoms with Crippen LogP contribution in [-0.4, -0.2) is 6.54 Å². The van der Waals surface area contributed by atoms with Crippen LogP contribution in [0.2, 0.25) is 0 Å². The standard InChI is InChI=1S/C18H22FN/c1-4-9-20-12-15-6-8-17(14(3)10-15)16-7-5-13(2)18(19)11-16/h5-8,10-11,20H,4,9,12H2,1-3H3. The smallest absolute Gasteiger partial charge is 0.126 e. The molecular weight excluding hydrogens is 249 g/mol. The van der Waals surface area contributed by atoms with Crippen molar-refractivity contribution in [1.82, 2.24) is 5.32 Å². The molecule has 0 atom stereocenters. The van der Waals surface area contributed by atoms with E-state index >= 15 is 0 Å². The molecule has 0 amide bonds. The molecule has 0 bridgehead atoms. The summed E-state index contributed by atoms with van der Waals surface area (Å²) in [4.78, 5) is 0. The molecule has 20 heavy (non-hydrogen) atoms. The Labute approximate surface area is 120 Å². The minimum Gasteiger partial charge on any atom is -0.313 e. The first kappa shape index (κ1) is 14.7. The summed E-state index contributed by atoms with van der Waals surface area (Å²) in [5.41, 5.74) is 5.19. The third kappa shape index (κ3) is 3.45. The van der Waals surface area contributed by atoms with Crippen LogP contribution < -0.4 is 5.32 Å². The van der Waals surface area contributed by atoms with Gasteiger partial charge in [0.25, 0.3) is 0 Å². The molecule has 0 aliphatic heterocycles. The van der Waals surface area contributed by atoms with Gasteiger partial charge in [-0.2, -0.15) is 0 Å². The van der Waals surface area contributed by atoms with Gasteiger partial charge in [-0.15, -0.1) is 0 Å². The van der Waals surface area contributed by atoms with Crippen LogP contribution in [0.25, 0.3) is 11.1 Å². The Morgan fingerprint density at radius 2 is 1.80 bits per heavy atom. The largest absolute Gasteiger partial charge is 0.313 e. The van der Waals surface area contributed by atoms with E-state index in [0.717, 1.165) is 30.6 Å².